The topological polar surface area (TPSA) is 35.5 Å². The highest BCUT2D eigenvalue weighted by atomic mass is 16.5. The standard InChI is InChI=1S/C42H60O3/c1-4-6-8-10-12-13-14-15-17-19-23-39-24-20-21-25-41(39)45-42(43)40-32-30-38(31-33-40)37-28-26-36(27-29-37)35(3)44-34-22-18-16-11-9-7-5-2/h20-21,24-33,35H,4-19,22-23,34H2,1-3H3. The first kappa shape index (κ1) is 36.6. The van der Waals surface area contributed by atoms with Crippen LogP contribution in [0.25, 0.3) is 11.1 Å². The Bertz CT molecular complexity index is 1180. The van der Waals surface area contributed by atoms with E-state index in [0.717, 1.165) is 42.6 Å². The average molecular weight is 613 g/mol. The van der Waals surface area contributed by atoms with E-state index in [0.29, 0.717) is 11.3 Å². The third-order valence-corrected chi connectivity index (χ3v) is 8.92. The first-order valence-electron chi connectivity index (χ1n) is 18.2. The second-order valence-electron chi connectivity index (χ2n) is 12.8. The maximum atomic E-state index is 13.0. The number of hydrogen-bond acceptors (Lipinski definition) is 3. The van der Waals surface area contributed by atoms with Gasteiger partial charge in [-0.2, -0.15) is 0 Å². The van der Waals surface area contributed by atoms with Crippen molar-refractivity contribution in [1.82, 2.24) is 0 Å². The van der Waals surface area contributed by atoms with Gasteiger partial charge in [0.05, 0.1) is 11.7 Å². The molecular formula is C42H60O3. The molecular weight excluding hydrogens is 552 g/mol. The van der Waals surface area contributed by atoms with E-state index in [2.05, 4.69) is 51.1 Å². The third kappa shape index (κ3) is 14.4. The SMILES string of the molecule is CCCCCCCCCCCCc1ccccc1OC(=O)c1ccc(-c2ccc(C(C)OCCCCCCCCC)cc2)cc1. The molecule has 3 heteroatoms. The Morgan fingerprint density at radius 2 is 1.07 bits per heavy atom. The van der Waals surface area contributed by atoms with E-state index in [4.69, 9.17) is 9.47 Å². The second-order valence-corrected chi connectivity index (χ2v) is 12.8. The summed E-state index contributed by atoms with van der Waals surface area (Å²) >= 11 is 0. The summed E-state index contributed by atoms with van der Waals surface area (Å²) in [5, 5.41) is 0. The maximum absolute atomic E-state index is 13.0. The average Bonchev–Trinajstić information content (AvgIpc) is 3.07. The first-order chi connectivity index (χ1) is 22.1. The van der Waals surface area contributed by atoms with E-state index in [1.807, 2.05) is 42.5 Å². The number of benzene rings is 3. The molecule has 0 aliphatic carbocycles. The van der Waals surface area contributed by atoms with Crippen molar-refractivity contribution < 1.29 is 14.3 Å². The number of carbonyl (C=O) groups excluding carboxylic acids is 1. The normalized spacial score (nSPS) is 11.9. The third-order valence-electron chi connectivity index (χ3n) is 8.92. The van der Waals surface area contributed by atoms with Crippen LogP contribution in [-0.2, 0) is 11.2 Å². The molecule has 1 unspecified atom stereocenters. The molecule has 0 bridgehead atoms. The van der Waals surface area contributed by atoms with Gasteiger partial charge in [-0.3, -0.25) is 0 Å². The van der Waals surface area contributed by atoms with Crippen LogP contribution in [0.3, 0.4) is 0 Å². The van der Waals surface area contributed by atoms with E-state index in [-0.39, 0.29) is 12.1 Å². The van der Waals surface area contributed by atoms with Crippen molar-refractivity contribution in [2.75, 3.05) is 6.61 Å². The van der Waals surface area contributed by atoms with Crippen molar-refractivity contribution in [3.63, 3.8) is 0 Å². The molecule has 1 atom stereocenters. The lowest BCUT2D eigenvalue weighted by atomic mass is 10.0. The number of esters is 1. The zero-order valence-corrected chi connectivity index (χ0v) is 28.7. The van der Waals surface area contributed by atoms with Crippen LogP contribution >= 0.6 is 0 Å². The molecule has 3 aromatic rings. The number of carbonyl (C=O) groups is 1. The Hall–Kier alpha value is -2.91. The van der Waals surface area contributed by atoms with Crippen LogP contribution in [0.1, 0.15) is 158 Å². The monoisotopic (exact) mass is 612 g/mol. The van der Waals surface area contributed by atoms with Crippen LogP contribution in [0.15, 0.2) is 72.8 Å². The molecule has 0 aromatic heterocycles. The summed E-state index contributed by atoms with van der Waals surface area (Å²) in [6, 6.07) is 24.3. The van der Waals surface area contributed by atoms with Crippen LogP contribution in [0.4, 0.5) is 0 Å². The summed E-state index contributed by atoms with van der Waals surface area (Å²) in [7, 11) is 0. The fourth-order valence-corrected chi connectivity index (χ4v) is 5.93. The minimum atomic E-state index is -0.306. The number of aryl methyl sites for hydroxylation is 1. The van der Waals surface area contributed by atoms with Crippen molar-refractivity contribution in [3.8, 4) is 16.9 Å². The fraction of sp³-hybridized carbons (Fsp3) is 0.548. The predicted molar refractivity (Wildman–Crippen MR) is 191 cm³/mol. The van der Waals surface area contributed by atoms with Crippen LogP contribution < -0.4 is 4.74 Å². The Labute approximate surface area is 275 Å². The summed E-state index contributed by atoms with van der Waals surface area (Å²) in [6.07, 6.45) is 23.3. The van der Waals surface area contributed by atoms with Gasteiger partial charge < -0.3 is 9.47 Å². The summed E-state index contributed by atoms with van der Waals surface area (Å²) in [5.41, 5.74) is 5.08. The molecule has 0 saturated carbocycles. The van der Waals surface area contributed by atoms with Crippen molar-refractivity contribution in [3.05, 3.63) is 89.5 Å². The second kappa shape index (κ2) is 22.6. The molecule has 0 aliphatic heterocycles. The molecule has 0 heterocycles. The van der Waals surface area contributed by atoms with E-state index in [9.17, 15) is 4.79 Å². The van der Waals surface area contributed by atoms with Gasteiger partial charge in [0.25, 0.3) is 0 Å². The lowest BCUT2D eigenvalue weighted by Gasteiger charge is -2.14. The number of unbranched alkanes of at least 4 members (excludes halogenated alkanes) is 15. The van der Waals surface area contributed by atoms with Crippen molar-refractivity contribution in [2.24, 2.45) is 0 Å². The fourth-order valence-electron chi connectivity index (χ4n) is 5.93. The van der Waals surface area contributed by atoms with Gasteiger partial charge in [0.15, 0.2) is 0 Å². The molecule has 246 valence electrons. The first-order valence-corrected chi connectivity index (χ1v) is 18.2. The van der Waals surface area contributed by atoms with E-state index < -0.39 is 0 Å². The molecule has 45 heavy (non-hydrogen) atoms. The van der Waals surface area contributed by atoms with Gasteiger partial charge in [0.2, 0.25) is 0 Å². The van der Waals surface area contributed by atoms with Gasteiger partial charge in [-0.05, 0) is 66.6 Å². The highest BCUT2D eigenvalue weighted by Gasteiger charge is 2.12. The maximum Gasteiger partial charge on any atom is 0.343 e. The van der Waals surface area contributed by atoms with Crippen molar-refractivity contribution in [1.29, 1.82) is 0 Å². The largest absolute Gasteiger partial charge is 0.423 e. The van der Waals surface area contributed by atoms with Crippen LogP contribution in [0, 0.1) is 0 Å². The van der Waals surface area contributed by atoms with Crippen LogP contribution in [0.5, 0.6) is 5.75 Å². The Kier molecular flexibility index (Phi) is 18.3. The van der Waals surface area contributed by atoms with Gasteiger partial charge in [0, 0.05) is 6.61 Å². The molecule has 3 rings (SSSR count). The lowest BCUT2D eigenvalue weighted by Crippen LogP contribution is -2.09. The molecule has 0 aliphatic rings. The summed E-state index contributed by atoms with van der Waals surface area (Å²) in [4.78, 5) is 13.0. The van der Waals surface area contributed by atoms with Gasteiger partial charge in [-0.25, -0.2) is 4.79 Å². The molecule has 0 saturated heterocycles. The zero-order valence-electron chi connectivity index (χ0n) is 28.7. The predicted octanol–water partition coefficient (Wildman–Crippen LogP) is 12.9. The minimum Gasteiger partial charge on any atom is -0.423 e. The number of ether oxygens (including phenoxy) is 2. The highest BCUT2D eigenvalue weighted by molar-refractivity contribution is 5.91. The Balaban J connectivity index is 1.40. The molecule has 0 radical (unpaired) electrons. The van der Waals surface area contributed by atoms with E-state index in [1.54, 1.807) is 0 Å². The van der Waals surface area contributed by atoms with Crippen LogP contribution in [0.2, 0.25) is 0 Å². The smallest absolute Gasteiger partial charge is 0.343 e. The molecule has 0 fully saturated rings. The van der Waals surface area contributed by atoms with Crippen LogP contribution in [-0.4, -0.2) is 12.6 Å². The van der Waals surface area contributed by atoms with E-state index in [1.165, 1.54) is 102 Å². The minimum absolute atomic E-state index is 0.0873. The van der Waals surface area contributed by atoms with Gasteiger partial charge in [-0.15, -0.1) is 0 Å². The number of rotatable bonds is 24. The van der Waals surface area contributed by atoms with Gasteiger partial charge in [-0.1, -0.05) is 165 Å². The van der Waals surface area contributed by atoms with Gasteiger partial charge >= 0.3 is 5.97 Å². The molecule has 0 N–H and O–H groups in total. The lowest BCUT2D eigenvalue weighted by molar-refractivity contribution is 0.0627. The molecule has 0 spiro atoms. The Morgan fingerprint density at radius 3 is 1.64 bits per heavy atom. The summed E-state index contributed by atoms with van der Waals surface area (Å²) in [6.45, 7) is 7.48. The number of hydrogen-bond donors (Lipinski definition) is 0. The molecule has 3 aromatic carbocycles. The summed E-state index contributed by atoms with van der Waals surface area (Å²) in [5.74, 6) is 0.376. The van der Waals surface area contributed by atoms with E-state index >= 15 is 0 Å². The highest BCUT2D eigenvalue weighted by Crippen LogP contribution is 2.26. The molecule has 0 amide bonds. The number of para-hydroxylation sites is 1. The molecule has 3 nitrogen and oxygen atoms in total. The Morgan fingerprint density at radius 1 is 0.578 bits per heavy atom. The zero-order chi connectivity index (χ0) is 32.0. The van der Waals surface area contributed by atoms with Crippen molar-refractivity contribution in [2.45, 2.75) is 142 Å². The van der Waals surface area contributed by atoms with Gasteiger partial charge in [0.1, 0.15) is 5.75 Å². The summed E-state index contributed by atoms with van der Waals surface area (Å²) < 4.78 is 12.0. The quantitative estimate of drug-likeness (QED) is 0.0573. The van der Waals surface area contributed by atoms with Crippen molar-refractivity contribution >= 4 is 5.97 Å².